The second kappa shape index (κ2) is 3.61. The van der Waals surface area contributed by atoms with E-state index in [0.717, 1.165) is 17.8 Å². The molecule has 0 radical (unpaired) electrons. The van der Waals surface area contributed by atoms with Crippen molar-refractivity contribution in [2.24, 2.45) is 23.2 Å². The Labute approximate surface area is 97.1 Å². The van der Waals surface area contributed by atoms with Gasteiger partial charge in [-0.3, -0.25) is 0 Å². The fourth-order valence-electron chi connectivity index (χ4n) is 4.69. The van der Waals surface area contributed by atoms with Crippen LogP contribution in [0.15, 0.2) is 12.2 Å². The molecule has 4 rings (SSSR count). The van der Waals surface area contributed by atoms with Crippen LogP contribution in [0.5, 0.6) is 0 Å². The molecule has 4 aliphatic rings. The van der Waals surface area contributed by atoms with Crippen molar-refractivity contribution in [1.82, 2.24) is 0 Å². The first-order valence-corrected chi connectivity index (χ1v) is 6.46. The summed E-state index contributed by atoms with van der Waals surface area (Å²) in [6.45, 7) is 0. The van der Waals surface area contributed by atoms with E-state index >= 15 is 0 Å². The van der Waals surface area contributed by atoms with Crippen molar-refractivity contribution >= 4 is 5.97 Å². The third-order valence-corrected chi connectivity index (χ3v) is 4.86. The molecule has 0 spiro atoms. The number of rotatable bonds is 2. The Bertz CT molecular complexity index is 294. The maximum Gasteiger partial charge on any atom is 0.330 e. The van der Waals surface area contributed by atoms with Crippen molar-refractivity contribution in [2.75, 3.05) is 7.11 Å². The first-order chi connectivity index (χ1) is 7.69. The van der Waals surface area contributed by atoms with E-state index < -0.39 is 0 Å². The van der Waals surface area contributed by atoms with Gasteiger partial charge < -0.3 is 4.74 Å². The molecule has 4 aliphatic carbocycles. The molecular weight excluding hydrogens is 200 g/mol. The number of ether oxygens (including phenoxy) is 1. The number of methoxy groups -OCH3 is 1. The minimum absolute atomic E-state index is 0.198. The zero-order chi connectivity index (χ0) is 11.2. The van der Waals surface area contributed by atoms with E-state index in [0.29, 0.717) is 5.41 Å². The average Bonchev–Trinajstić information content (AvgIpc) is 2.24. The molecule has 4 bridgehead atoms. The normalized spacial score (nSPS) is 45.2. The van der Waals surface area contributed by atoms with E-state index in [2.05, 4.69) is 10.8 Å². The van der Waals surface area contributed by atoms with Crippen LogP contribution in [0.3, 0.4) is 0 Å². The van der Waals surface area contributed by atoms with Gasteiger partial charge in [-0.05, 0) is 61.7 Å². The van der Waals surface area contributed by atoms with E-state index in [-0.39, 0.29) is 5.97 Å². The maximum absolute atomic E-state index is 11.2. The van der Waals surface area contributed by atoms with Gasteiger partial charge in [-0.2, -0.15) is 0 Å². The van der Waals surface area contributed by atoms with Crippen molar-refractivity contribution < 1.29 is 9.53 Å². The average molecular weight is 220 g/mol. The SMILES string of the molecule is COC(=O)/C=C/C12CC3CC(CC(C3)C1)C2. The number of allylic oxidation sites excluding steroid dienone is 1. The molecule has 0 heterocycles. The molecular formula is C14H20O2. The smallest absolute Gasteiger partial charge is 0.330 e. The molecule has 4 saturated carbocycles. The van der Waals surface area contributed by atoms with Gasteiger partial charge in [0.2, 0.25) is 0 Å². The summed E-state index contributed by atoms with van der Waals surface area (Å²) in [4.78, 5) is 11.2. The second-order valence-electron chi connectivity index (χ2n) is 6.14. The Balaban J connectivity index is 1.78. The Morgan fingerprint density at radius 3 is 2.06 bits per heavy atom. The molecule has 16 heavy (non-hydrogen) atoms. The van der Waals surface area contributed by atoms with Gasteiger partial charge in [-0.1, -0.05) is 6.08 Å². The fourth-order valence-corrected chi connectivity index (χ4v) is 4.69. The summed E-state index contributed by atoms with van der Waals surface area (Å²) in [6.07, 6.45) is 12.1. The molecule has 2 heteroatoms. The summed E-state index contributed by atoms with van der Waals surface area (Å²) in [7, 11) is 1.45. The lowest BCUT2D eigenvalue weighted by molar-refractivity contribution is -0.135. The minimum Gasteiger partial charge on any atom is -0.466 e. The van der Waals surface area contributed by atoms with Crippen LogP contribution in [-0.4, -0.2) is 13.1 Å². The van der Waals surface area contributed by atoms with Crippen molar-refractivity contribution in [1.29, 1.82) is 0 Å². The Morgan fingerprint density at radius 1 is 1.12 bits per heavy atom. The summed E-state index contributed by atoms with van der Waals surface area (Å²) < 4.78 is 4.69. The van der Waals surface area contributed by atoms with Crippen molar-refractivity contribution in [3.8, 4) is 0 Å². The molecule has 0 unspecified atom stereocenters. The van der Waals surface area contributed by atoms with Gasteiger partial charge in [0, 0.05) is 6.08 Å². The van der Waals surface area contributed by atoms with Crippen LogP contribution in [-0.2, 0) is 9.53 Å². The molecule has 0 atom stereocenters. The highest BCUT2D eigenvalue weighted by Crippen LogP contribution is 2.60. The Kier molecular flexibility index (Phi) is 2.34. The zero-order valence-electron chi connectivity index (χ0n) is 9.95. The Morgan fingerprint density at radius 2 is 1.62 bits per heavy atom. The maximum atomic E-state index is 11.2. The lowest BCUT2D eigenvalue weighted by atomic mass is 9.49. The second-order valence-corrected chi connectivity index (χ2v) is 6.14. The first-order valence-electron chi connectivity index (χ1n) is 6.46. The number of hydrogen-bond donors (Lipinski definition) is 0. The molecule has 88 valence electrons. The number of carbonyl (C=O) groups excluding carboxylic acids is 1. The topological polar surface area (TPSA) is 26.3 Å². The minimum atomic E-state index is -0.198. The molecule has 0 aromatic heterocycles. The van der Waals surface area contributed by atoms with Crippen LogP contribution in [0.2, 0.25) is 0 Å². The number of esters is 1. The van der Waals surface area contributed by atoms with Gasteiger partial charge in [0.1, 0.15) is 0 Å². The van der Waals surface area contributed by atoms with Gasteiger partial charge >= 0.3 is 5.97 Å². The van der Waals surface area contributed by atoms with Crippen molar-refractivity contribution in [3.63, 3.8) is 0 Å². The Hall–Kier alpha value is -0.790. The highest BCUT2D eigenvalue weighted by atomic mass is 16.5. The summed E-state index contributed by atoms with van der Waals surface area (Å²) in [5.41, 5.74) is 0.350. The van der Waals surface area contributed by atoms with E-state index in [1.165, 1.54) is 45.6 Å². The third-order valence-electron chi connectivity index (χ3n) is 4.86. The fraction of sp³-hybridized carbons (Fsp3) is 0.786. The predicted molar refractivity (Wildman–Crippen MR) is 61.8 cm³/mol. The summed E-state index contributed by atoms with van der Waals surface area (Å²) in [6, 6.07) is 0. The summed E-state index contributed by atoms with van der Waals surface area (Å²) in [5, 5.41) is 0. The highest BCUT2D eigenvalue weighted by Gasteiger charge is 2.49. The summed E-state index contributed by atoms with van der Waals surface area (Å²) in [5.74, 6) is 2.62. The largest absolute Gasteiger partial charge is 0.466 e. The molecule has 0 amide bonds. The van der Waals surface area contributed by atoms with E-state index in [1.807, 2.05) is 0 Å². The van der Waals surface area contributed by atoms with Crippen LogP contribution in [0.4, 0.5) is 0 Å². The van der Waals surface area contributed by atoms with E-state index in [1.54, 1.807) is 6.08 Å². The standard InChI is InChI=1S/C14H20O2/c1-16-13(15)2-3-14-7-10-4-11(8-14)6-12(5-10)9-14/h2-3,10-12H,4-9H2,1H3/b3-2+. The van der Waals surface area contributed by atoms with Crippen LogP contribution >= 0.6 is 0 Å². The monoisotopic (exact) mass is 220 g/mol. The molecule has 0 aromatic carbocycles. The number of carbonyl (C=O) groups is 1. The quantitative estimate of drug-likeness (QED) is 0.528. The number of hydrogen-bond acceptors (Lipinski definition) is 2. The first kappa shape index (κ1) is 10.4. The van der Waals surface area contributed by atoms with Crippen LogP contribution < -0.4 is 0 Å². The molecule has 2 nitrogen and oxygen atoms in total. The van der Waals surface area contributed by atoms with Gasteiger partial charge in [-0.15, -0.1) is 0 Å². The molecule has 0 N–H and O–H groups in total. The third kappa shape index (κ3) is 1.68. The van der Waals surface area contributed by atoms with Crippen LogP contribution in [0, 0.1) is 23.2 Å². The zero-order valence-corrected chi connectivity index (χ0v) is 9.95. The lowest BCUT2D eigenvalue weighted by Gasteiger charge is -2.55. The van der Waals surface area contributed by atoms with Gasteiger partial charge in [0.15, 0.2) is 0 Å². The molecule has 0 aliphatic heterocycles. The van der Waals surface area contributed by atoms with Crippen molar-refractivity contribution in [3.05, 3.63) is 12.2 Å². The molecule has 0 saturated heterocycles. The van der Waals surface area contributed by atoms with Gasteiger partial charge in [0.25, 0.3) is 0 Å². The van der Waals surface area contributed by atoms with Gasteiger partial charge in [0.05, 0.1) is 7.11 Å². The van der Waals surface area contributed by atoms with E-state index in [9.17, 15) is 4.79 Å². The molecule has 0 aromatic rings. The summed E-state index contributed by atoms with van der Waals surface area (Å²) >= 11 is 0. The van der Waals surface area contributed by atoms with Crippen LogP contribution in [0.1, 0.15) is 38.5 Å². The molecule has 4 fully saturated rings. The van der Waals surface area contributed by atoms with Crippen molar-refractivity contribution in [2.45, 2.75) is 38.5 Å². The van der Waals surface area contributed by atoms with Crippen LogP contribution in [0.25, 0.3) is 0 Å². The highest BCUT2D eigenvalue weighted by molar-refractivity contribution is 5.81. The predicted octanol–water partition coefficient (Wildman–Crippen LogP) is 2.93. The van der Waals surface area contributed by atoms with E-state index in [4.69, 9.17) is 0 Å². The lowest BCUT2D eigenvalue weighted by Crippen LogP contribution is -2.45. The van der Waals surface area contributed by atoms with Gasteiger partial charge in [-0.25, -0.2) is 4.79 Å².